The van der Waals surface area contributed by atoms with E-state index in [9.17, 15) is 18.0 Å². The number of alkyl halides is 3. The number of benzene rings is 2. The minimum absolute atomic E-state index is 0.0557. The van der Waals surface area contributed by atoms with Crippen LogP contribution in [0.15, 0.2) is 42.7 Å². The van der Waals surface area contributed by atoms with E-state index in [1.54, 1.807) is 18.5 Å². The molecule has 0 N–H and O–H groups in total. The molecule has 1 saturated carbocycles. The van der Waals surface area contributed by atoms with Crippen molar-refractivity contribution in [1.82, 2.24) is 19.7 Å². The molecule has 3 fully saturated rings. The van der Waals surface area contributed by atoms with Crippen LogP contribution in [-0.4, -0.2) is 51.9 Å². The van der Waals surface area contributed by atoms with Crippen molar-refractivity contribution >= 4 is 11.6 Å². The molecule has 3 aliphatic heterocycles. The largest absolute Gasteiger partial charge is 0.416 e. The van der Waals surface area contributed by atoms with Crippen molar-refractivity contribution in [2.75, 3.05) is 31.2 Å². The van der Waals surface area contributed by atoms with Gasteiger partial charge in [-0.15, -0.1) is 10.2 Å². The topological polar surface area (TPSA) is 63.5 Å². The Hall–Kier alpha value is -3.24. The number of carbonyl (C=O) groups excluding carboxylic acids is 1. The van der Waals surface area contributed by atoms with Crippen LogP contribution in [0.5, 0.6) is 0 Å². The number of hydrogen-bond acceptors (Lipinski definition) is 5. The number of ether oxygens (including phenoxy) is 1. The van der Waals surface area contributed by atoms with Crippen molar-refractivity contribution in [1.29, 1.82) is 0 Å². The summed E-state index contributed by atoms with van der Waals surface area (Å²) < 4.78 is 50.7. The zero-order chi connectivity index (χ0) is 28.6. The van der Waals surface area contributed by atoms with Crippen molar-refractivity contribution in [2.24, 2.45) is 12.5 Å². The van der Waals surface area contributed by atoms with Gasteiger partial charge in [-0.3, -0.25) is 9.69 Å². The average molecular weight is 566 g/mol. The minimum Gasteiger partial charge on any atom is -0.379 e. The summed E-state index contributed by atoms with van der Waals surface area (Å²) in [5.74, 6) is 0.431. The third kappa shape index (κ3) is 4.55. The SMILES string of the molecule is CC(c1cc2c(c(C(F)(F)F)c1)CN(c1cccc(C3(Cc4nncn4C)COC3)c1)C2=O)N1CCC2(CC1)CC2. The van der Waals surface area contributed by atoms with Crippen LogP contribution < -0.4 is 4.90 Å². The monoisotopic (exact) mass is 565 g/mol. The number of halogens is 3. The summed E-state index contributed by atoms with van der Waals surface area (Å²) in [4.78, 5) is 17.5. The van der Waals surface area contributed by atoms with Gasteiger partial charge in [0.25, 0.3) is 5.91 Å². The Kier molecular flexibility index (Phi) is 6.10. The fraction of sp³-hybridized carbons (Fsp3) is 0.516. The van der Waals surface area contributed by atoms with Crippen LogP contribution in [-0.2, 0) is 36.3 Å². The van der Waals surface area contributed by atoms with Crippen molar-refractivity contribution in [3.63, 3.8) is 0 Å². The van der Waals surface area contributed by atoms with Gasteiger partial charge in [0, 0.05) is 36.2 Å². The Bertz CT molecular complexity index is 1500. The van der Waals surface area contributed by atoms with Crippen molar-refractivity contribution in [3.8, 4) is 0 Å². The average Bonchev–Trinajstić information content (AvgIpc) is 3.42. The van der Waals surface area contributed by atoms with Gasteiger partial charge < -0.3 is 14.2 Å². The fourth-order valence-electron chi connectivity index (χ4n) is 6.90. The highest BCUT2D eigenvalue weighted by atomic mass is 19.4. The quantitative estimate of drug-likeness (QED) is 0.398. The summed E-state index contributed by atoms with van der Waals surface area (Å²) in [7, 11) is 1.89. The highest BCUT2D eigenvalue weighted by molar-refractivity contribution is 6.10. The van der Waals surface area contributed by atoms with Gasteiger partial charge in [0.15, 0.2) is 0 Å². The van der Waals surface area contributed by atoms with Crippen LogP contribution in [0.1, 0.15) is 77.1 Å². The van der Waals surface area contributed by atoms with Crippen LogP contribution in [0.4, 0.5) is 18.9 Å². The van der Waals surface area contributed by atoms with Gasteiger partial charge >= 0.3 is 6.18 Å². The highest BCUT2D eigenvalue weighted by Gasteiger charge is 2.46. The summed E-state index contributed by atoms with van der Waals surface area (Å²) >= 11 is 0. The van der Waals surface area contributed by atoms with Crippen molar-refractivity contribution < 1.29 is 22.7 Å². The van der Waals surface area contributed by atoms with Gasteiger partial charge in [0.1, 0.15) is 12.2 Å². The fourth-order valence-corrected chi connectivity index (χ4v) is 6.90. The molecule has 1 atom stereocenters. The normalized spacial score (nSPS) is 22.1. The summed E-state index contributed by atoms with van der Waals surface area (Å²) in [5.41, 5.74) is 1.77. The number of hydrogen-bond donors (Lipinski definition) is 0. The van der Waals surface area contributed by atoms with Gasteiger partial charge in [0.2, 0.25) is 0 Å². The molecule has 41 heavy (non-hydrogen) atoms. The summed E-state index contributed by atoms with van der Waals surface area (Å²) in [5, 5.41) is 8.21. The molecule has 0 bridgehead atoms. The number of amides is 1. The first-order valence-corrected chi connectivity index (χ1v) is 14.4. The van der Waals surface area contributed by atoms with E-state index in [-0.39, 0.29) is 35.0 Å². The van der Waals surface area contributed by atoms with E-state index >= 15 is 0 Å². The van der Waals surface area contributed by atoms with E-state index in [2.05, 4.69) is 15.1 Å². The Labute approximate surface area is 237 Å². The van der Waals surface area contributed by atoms with E-state index in [1.807, 2.05) is 36.7 Å². The second kappa shape index (κ2) is 9.39. The Morgan fingerprint density at radius 1 is 1.07 bits per heavy atom. The molecule has 0 radical (unpaired) electrons. The molecule has 10 heteroatoms. The summed E-state index contributed by atoms with van der Waals surface area (Å²) in [6.07, 6.45) is 2.44. The molecule has 4 heterocycles. The molecule has 216 valence electrons. The van der Waals surface area contributed by atoms with Gasteiger partial charge in [-0.2, -0.15) is 13.2 Å². The molecule has 1 amide bonds. The van der Waals surface area contributed by atoms with Crippen LogP contribution in [0.2, 0.25) is 0 Å². The molecule has 1 aliphatic carbocycles. The zero-order valence-electron chi connectivity index (χ0n) is 23.4. The zero-order valence-corrected chi connectivity index (χ0v) is 23.4. The maximum Gasteiger partial charge on any atom is 0.416 e. The predicted octanol–water partition coefficient (Wildman–Crippen LogP) is 5.44. The Morgan fingerprint density at radius 3 is 2.44 bits per heavy atom. The number of aromatic nitrogens is 3. The molecule has 2 saturated heterocycles. The lowest BCUT2D eigenvalue weighted by Gasteiger charge is -2.42. The van der Waals surface area contributed by atoms with Crippen LogP contribution in [0, 0.1) is 5.41 Å². The predicted molar refractivity (Wildman–Crippen MR) is 146 cm³/mol. The minimum atomic E-state index is -4.55. The van der Waals surface area contributed by atoms with Gasteiger partial charge in [0.05, 0.1) is 25.3 Å². The number of aryl methyl sites for hydroxylation is 1. The number of fused-ring (bicyclic) bond motifs is 1. The molecular weight excluding hydrogens is 531 g/mol. The maximum atomic E-state index is 14.4. The second-order valence-corrected chi connectivity index (χ2v) is 12.6. The lowest BCUT2D eigenvalue weighted by Crippen LogP contribution is -2.49. The molecule has 3 aromatic rings. The lowest BCUT2D eigenvalue weighted by atomic mass is 9.75. The molecule has 7 rings (SSSR count). The third-order valence-corrected chi connectivity index (χ3v) is 10.0. The molecule has 1 spiro atoms. The van der Waals surface area contributed by atoms with E-state index < -0.39 is 11.7 Å². The molecule has 7 nitrogen and oxygen atoms in total. The lowest BCUT2D eigenvalue weighted by molar-refractivity contribution is -0.138. The Morgan fingerprint density at radius 2 is 1.83 bits per heavy atom. The second-order valence-electron chi connectivity index (χ2n) is 12.6. The highest BCUT2D eigenvalue weighted by Crippen LogP contribution is 2.54. The van der Waals surface area contributed by atoms with Crippen LogP contribution in [0.25, 0.3) is 0 Å². The van der Waals surface area contributed by atoms with E-state index in [1.165, 1.54) is 23.8 Å². The Balaban J connectivity index is 1.19. The number of carbonyl (C=O) groups is 1. The van der Waals surface area contributed by atoms with Crippen molar-refractivity contribution in [3.05, 3.63) is 76.4 Å². The van der Waals surface area contributed by atoms with E-state index in [0.717, 1.165) is 37.3 Å². The number of anilines is 1. The summed E-state index contributed by atoms with van der Waals surface area (Å²) in [6, 6.07) is 10.3. The maximum absolute atomic E-state index is 14.4. The number of nitrogens with zero attached hydrogens (tertiary/aromatic N) is 5. The summed E-state index contributed by atoms with van der Waals surface area (Å²) in [6.45, 7) is 4.60. The molecule has 4 aliphatic rings. The standard InChI is InChI=1S/C31H34F3N5O2/c1-20(38-10-8-29(6-7-29)9-11-38)21-12-24-25(26(13-21)31(32,33)34)16-39(28(24)40)23-5-3-4-22(14-23)30(17-41-18-30)15-27-36-35-19-37(27)2/h3-5,12-14,19-20H,6-11,15-18H2,1-2H3. The van der Waals surface area contributed by atoms with Gasteiger partial charge in [-0.1, -0.05) is 12.1 Å². The first-order valence-electron chi connectivity index (χ1n) is 14.4. The van der Waals surface area contributed by atoms with E-state index in [0.29, 0.717) is 36.3 Å². The van der Waals surface area contributed by atoms with Gasteiger partial charge in [-0.05, 0) is 92.1 Å². The molecule has 1 unspecified atom stereocenters. The molecule has 2 aromatic carbocycles. The first kappa shape index (κ1) is 26.6. The first-order chi connectivity index (χ1) is 19.6. The van der Waals surface area contributed by atoms with Crippen LogP contribution >= 0.6 is 0 Å². The molecule has 1 aromatic heterocycles. The number of piperidine rings is 1. The smallest absolute Gasteiger partial charge is 0.379 e. The third-order valence-electron chi connectivity index (χ3n) is 10.0. The number of rotatable bonds is 6. The molecular formula is C31H34F3N5O2. The van der Waals surface area contributed by atoms with E-state index in [4.69, 9.17) is 4.74 Å². The number of likely N-dealkylation sites (tertiary alicyclic amines) is 1. The van der Waals surface area contributed by atoms with Gasteiger partial charge in [-0.25, -0.2) is 0 Å². The van der Waals surface area contributed by atoms with Crippen LogP contribution in [0.3, 0.4) is 0 Å². The van der Waals surface area contributed by atoms with Crippen molar-refractivity contribution in [2.45, 2.75) is 63.2 Å².